The molecule has 0 radical (unpaired) electrons. The van der Waals surface area contributed by atoms with E-state index in [4.69, 9.17) is 9.84 Å². The summed E-state index contributed by atoms with van der Waals surface area (Å²) in [6.07, 6.45) is 0. The van der Waals surface area contributed by atoms with E-state index in [1.54, 1.807) is 43.5 Å². The highest BCUT2D eigenvalue weighted by atomic mass is 32.2. The van der Waals surface area contributed by atoms with Crippen molar-refractivity contribution in [3.63, 3.8) is 0 Å². The molecule has 0 bridgehead atoms. The number of carboxylic acid groups (broad SMARTS) is 1. The fraction of sp³-hybridized carbons (Fsp3) is 0.133. The Hall–Kier alpha value is -1.98. The first kappa shape index (κ1) is 14.4. The van der Waals surface area contributed by atoms with Crippen LogP contribution in [-0.2, 0) is 6.61 Å². The highest BCUT2D eigenvalue weighted by molar-refractivity contribution is 7.99. The number of hydrogen-bond acceptors (Lipinski definition) is 4. The first-order chi connectivity index (χ1) is 9.65. The highest BCUT2D eigenvalue weighted by Crippen LogP contribution is 2.34. The number of methoxy groups -OCH3 is 1. The number of hydrogen-bond donors (Lipinski definition) is 2. The molecule has 104 valence electrons. The highest BCUT2D eigenvalue weighted by Gasteiger charge is 2.12. The van der Waals surface area contributed by atoms with Crippen LogP contribution in [0.25, 0.3) is 0 Å². The van der Waals surface area contributed by atoms with Crippen LogP contribution in [0.15, 0.2) is 52.3 Å². The van der Waals surface area contributed by atoms with Crippen LogP contribution < -0.4 is 4.74 Å². The molecule has 0 atom stereocenters. The van der Waals surface area contributed by atoms with Gasteiger partial charge in [0.15, 0.2) is 0 Å². The minimum Gasteiger partial charge on any atom is -0.497 e. The van der Waals surface area contributed by atoms with E-state index >= 15 is 0 Å². The molecular formula is C15H14O4S. The molecule has 0 aliphatic carbocycles. The Bertz CT molecular complexity index is 625. The lowest BCUT2D eigenvalue weighted by molar-refractivity contribution is 0.0693. The predicted octanol–water partition coefficient (Wildman–Crippen LogP) is 3.04. The lowest BCUT2D eigenvalue weighted by atomic mass is 10.2. The van der Waals surface area contributed by atoms with Crippen LogP contribution in [-0.4, -0.2) is 23.3 Å². The van der Waals surface area contributed by atoms with Crippen molar-refractivity contribution < 1.29 is 19.7 Å². The third-order valence-electron chi connectivity index (χ3n) is 2.78. The molecule has 0 spiro atoms. The van der Waals surface area contributed by atoms with E-state index in [0.717, 1.165) is 4.90 Å². The van der Waals surface area contributed by atoms with Crippen molar-refractivity contribution in [1.29, 1.82) is 0 Å². The largest absolute Gasteiger partial charge is 0.497 e. The molecule has 0 aliphatic heterocycles. The van der Waals surface area contributed by atoms with Gasteiger partial charge in [-0.05, 0) is 35.9 Å². The Labute approximate surface area is 121 Å². The monoisotopic (exact) mass is 290 g/mol. The summed E-state index contributed by atoms with van der Waals surface area (Å²) in [4.78, 5) is 12.6. The zero-order valence-electron chi connectivity index (χ0n) is 10.9. The Morgan fingerprint density at radius 3 is 2.60 bits per heavy atom. The Balaban J connectivity index is 2.37. The molecule has 2 rings (SSSR count). The van der Waals surface area contributed by atoms with Crippen LogP contribution in [0.3, 0.4) is 0 Å². The summed E-state index contributed by atoms with van der Waals surface area (Å²) in [6.45, 7) is -0.130. The fourth-order valence-corrected chi connectivity index (χ4v) is 2.80. The third kappa shape index (κ3) is 3.12. The number of aromatic carboxylic acids is 1. The van der Waals surface area contributed by atoms with E-state index < -0.39 is 5.97 Å². The van der Waals surface area contributed by atoms with Crippen molar-refractivity contribution in [2.24, 2.45) is 0 Å². The molecule has 5 heteroatoms. The average Bonchev–Trinajstić information content (AvgIpc) is 2.48. The van der Waals surface area contributed by atoms with Crippen molar-refractivity contribution in [2.75, 3.05) is 7.11 Å². The van der Waals surface area contributed by atoms with E-state index in [1.165, 1.54) is 11.8 Å². The molecule has 0 heterocycles. The van der Waals surface area contributed by atoms with Crippen LogP contribution in [0.1, 0.15) is 15.9 Å². The Morgan fingerprint density at radius 1 is 1.20 bits per heavy atom. The van der Waals surface area contributed by atoms with Crippen molar-refractivity contribution in [2.45, 2.75) is 16.4 Å². The van der Waals surface area contributed by atoms with Gasteiger partial charge in [-0.1, -0.05) is 23.9 Å². The summed E-state index contributed by atoms with van der Waals surface area (Å²) in [6, 6.07) is 12.1. The molecule has 2 aromatic rings. The van der Waals surface area contributed by atoms with E-state index in [0.29, 0.717) is 16.2 Å². The summed E-state index contributed by atoms with van der Waals surface area (Å²) < 4.78 is 5.11. The van der Waals surface area contributed by atoms with E-state index in [-0.39, 0.29) is 12.2 Å². The molecule has 2 N–H and O–H groups in total. The maximum Gasteiger partial charge on any atom is 0.336 e. The first-order valence-corrected chi connectivity index (χ1v) is 6.75. The van der Waals surface area contributed by atoms with Gasteiger partial charge in [0.2, 0.25) is 0 Å². The number of ether oxygens (including phenoxy) is 1. The quantitative estimate of drug-likeness (QED) is 0.886. The van der Waals surface area contributed by atoms with Gasteiger partial charge >= 0.3 is 5.97 Å². The maximum atomic E-state index is 11.2. The molecule has 0 saturated carbocycles. The van der Waals surface area contributed by atoms with E-state index in [9.17, 15) is 9.90 Å². The third-order valence-corrected chi connectivity index (χ3v) is 3.97. The first-order valence-electron chi connectivity index (χ1n) is 5.93. The second-order valence-electron chi connectivity index (χ2n) is 4.04. The number of carboxylic acids is 1. The van der Waals surface area contributed by atoms with Crippen molar-refractivity contribution in [3.05, 3.63) is 53.6 Å². The minimum atomic E-state index is -0.966. The molecule has 2 aromatic carbocycles. The van der Waals surface area contributed by atoms with Crippen LogP contribution >= 0.6 is 11.8 Å². The molecule has 20 heavy (non-hydrogen) atoms. The second kappa shape index (κ2) is 6.45. The minimum absolute atomic E-state index is 0.130. The van der Waals surface area contributed by atoms with Gasteiger partial charge in [0.1, 0.15) is 5.75 Å². The van der Waals surface area contributed by atoms with Crippen LogP contribution in [0.4, 0.5) is 0 Å². The predicted molar refractivity (Wildman–Crippen MR) is 76.4 cm³/mol. The Morgan fingerprint density at radius 2 is 1.95 bits per heavy atom. The van der Waals surface area contributed by atoms with Crippen molar-refractivity contribution >= 4 is 17.7 Å². The molecule has 0 saturated heterocycles. The second-order valence-corrected chi connectivity index (χ2v) is 5.12. The fourth-order valence-electron chi connectivity index (χ4n) is 1.76. The van der Waals surface area contributed by atoms with Gasteiger partial charge in [0, 0.05) is 9.79 Å². The number of benzene rings is 2. The molecule has 0 aliphatic rings. The standard InChI is InChI=1S/C15H14O4S/c1-19-11-6-7-13(10(8-11)9-16)20-14-5-3-2-4-12(14)15(17)18/h2-8,16H,9H2,1H3,(H,17,18). The van der Waals surface area contributed by atoms with Crippen molar-refractivity contribution in [1.82, 2.24) is 0 Å². The SMILES string of the molecule is COc1ccc(Sc2ccccc2C(=O)O)c(CO)c1. The summed E-state index contributed by atoms with van der Waals surface area (Å²) in [5, 5.41) is 18.6. The number of carbonyl (C=O) groups is 1. The number of rotatable bonds is 5. The summed E-state index contributed by atoms with van der Waals surface area (Å²) in [5.74, 6) is -0.308. The smallest absolute Gasteiger partial charge is 0.336 e. The van der Waals surface area contributed by atoms with Gasteiger partial charge in [0.05, 0.1) is 19.3 Å². The van der Waals surface area contributed by atoms with Gasteiger partial charge in [-0.2, -0.15) is 0 Å². The summed E-state index contributed by atoms with van der Waals surface area (Å²) in [7, 11) is 1.56. The Kier molecular flexibility index (Phi) is 4.65. The average molecular weight is 290 g/mol. The van der Waals surface area contributed by atoms with Gasteiger partial charge in [-0.25, -0.2) is 4.79 Å². The van der Waals surface area contributed by atoms with Crippen LogP contribution in [0.5, 0.6) is 5.75 Å². The molecule has 0 aromatic heterocycles. The van der Waals surface area contributed by atoms with Gasteiger partial charge < -0.3 is 14.9 Å². The van der Waals surface area contributed by atoms with Gasteiger partial charge in [-0.15, -0.1) is 0 Å². The van der Waals surface area contributed by atoms with Crippen LogP contribution in [0, 0.1) is 0 Å². The van der Waals surface area contributed by atoms with Gasteiger partial charge in [0.25, 0.3) is 0 Å². The molecule has 0 amide bonds. The molecule has 0 fully saturated rings. The number of aliphatic hydroxyl groups is 1. The molecule has 0 unspecified atom stereocenters. The number of aliphatic hydroxyl groups excluding tert-OH is 1. The zero-order valence-corrected chi connectivity index (χ0v) is 11.7. The lowest BCUT2D eigenvalue weighted by Gasteiger charge is -2.10. The van der Waals surface area contributed by atoms with Crippen molar-refractivity contribution in [3.8, 4) is 5.75 Å². The van der Waals surface area contributed by atoms with E-state index in [2.05, 4.69) is 0 Å². The normalized spacial score (nSPS) is 10.3. The van der Waals surface area contributed by atoms with Gasteiger partial charge in [-0.3, -0.25) is 0 Å². The maximum absolute atomic E-state index is 11.2. The molecular weight excluding hydrogens is 276 g/mol. The van der Waals surface area contributed by atoms with E-state index in [1.807, 2.05) is 6.07 Å². The molecule has 4 nitrogen and oxygen atoms in total. The topological polar surface area (TPSA) is 66.8 Å². The summed E-state index contributed by atoms with van der Waals surface area (Å²) in [5.41, 5.74) is 0.951. The summed E-state index contributed by atoms with van der Waals surface area (Å²) >= 11 is 1.32. The zero-order chi connectivity index (χ0) is 14.5. The lowest BCUT2D eigenvalue weighted by Crippen LogP contribution is -1.98. The van der Waals surface area contributed by atoms with Crippen LogP contribution in [0.2, 0.25) is 0 Å².